The summed E-state index contributed by atoms with van der Waals surface area (Å²) in [5.74, 6) is -0.877. The standard InChI is InChI=1S/C10H18F3N3O2/c1-3-4-16(6-8(17)14-2)9(18)5-15-7-10(11,12)13/h15H,3-7H2,1-2H3,(H,14,17). The van der Waals surface area contributed by atoms with E-state index in [0.29, 0.717) is 13.0 Å². The zero-order valence-corrected chi connectivity index (χ0v) is 10.4. The van der Waals surface area contributed by atoms with E-state index in [1.807, 2.05) is 12.2 Å². The van der Waals surface area contributed by atoms with Gasteiger partial charge in [-0.1, -0.05) is 6.92 Å². The summed E-state index contributed by atoms with van der Waals surface area (Å²) in [4.78, 5) is 23.9. The van der Waals surface area contributed by atoms with E-state index < -0.39 is 25.2 Å². The van der Waals surface area contributed by atoms with Crippen LogP contribution in [0.5, 0.6) is 0 Å². The van der Waals surface area contributed by atoms with Crippen LogP contribution in [-0.4, -0.2) is 56.1 Å². The van der Waals surface area contributed by atoms with Gasteiger partial charge in [-0.25, -0.2) is 0 Å². The van der Waals surface area contributed by atoms with E-state index in [9.17, 15) is 22.8 Å². The molecule has 0 bridgehead atoms. The minimum absolute atomic E-state index is 0.142. The Labute approximate surface area is 104 Å². The molecular formula is C10H18F3N3O2. The minimum atomic E-state index is -4.35. The number of halogens is 3. The van der Waals surface area contributed by atoms with Crippen molar-refractivity contribution in [3.63, 3.8) is 0 Å². The van der Waals surface area contributed by atoms with E-state index in [2.05, 4.69) is 5.32 Å². The zero-order valence-electron chi connectivity index (χ0n) is 10.4. The van der Waals surface area contributed by atoms with Crippen molar-refractivity contribution in [1.82, 2.24) is 15.5 Å². The summed E-state index contributed by atoms with van der Waals surface area (Å²) in [5.41, 5.74) is 0. The monoisotopic (exact) mass is 269 g/mol. The minimum Gasteiger partial charge on any atom is -0.358 e. The van der Waals surface area contributed by atoms with Crippen LogP contribution in [0.2, 0.25) is 0 Å². The van der Waals surface area contributed by atoms with Gasteiger partial charge in [0.25, 0.3) is 0 Å². The molecule has 0 aromatic heterocycles. The Morgan fingerprint density at radius 3 is 2.33 bits per heavy atom. The molecule has 2 amide bonds. The Hall–Kier alpha value is -1.31. The van der Waals surface area contributed by atoms with E-state index in [4.69, 9.17) is 0 Å². The summed E-state index contributed by atoms with van der Waals surface area (Å²) in [6, 6.07) is 0. The fraction of sp³-hybridized carbons (Fsp3) is 0.800. The van der Waals surface area contributed by atoms with Gasteiger partial charge in [0.15, 0.2) is 0 Å². The van der Waals surface area contributed by atoms with Gasteiger partial charge in [-0.15, -0.1) is 0 Å². The third-order valence-corrected chi connectivity index (χ3v) is 2.06. The molecule has 106 valence electrons. The first-order chi connectivity index (χ1) is 8.30. The highest BCUT2D eigenvalue weighted by Gasteiger charge is 2.27. The SMILES string of the molecule is CCCN(CC(=O)NC)C(=O)CNCC(F)(F)F. The molecule has 0 aliphatic rings. The average molecular weight is 269 g/mol. The third-order valence-electron chi connectivity index (χ3n) is 2.06. The average Bonchev–Trinajstić information content (AvgIpc) is 2.26. The van der Waals surface area contributed by atoms with Gasteiger partial charge in [0.2, 0.25) is 11.8 Å². The smallest absolute Gasteiger partial charge is 0.358 e. The molecule has 0 aliphatic heterocycles. The van der Waals surface area contributed by atoms with Crippen LogP contribution in [0.4, 0.5) is 13.2 Å². The molecular weight excluding hydrogens is 251 g/mol. The molecule has 8 heteroatoms. The Balaban J connectivity index is 4.18. The van der Waals surface area contributed by atoms with Crippen molar-refractivity contribution in [1.29, 1.82) is 0 Å². The Morgan fingerprint density at radius 1 is 1.28 bits per heavy atom. The van der Waals surface area contributed by atoms with E-state index in [1.165, 1.54) is 11.9 Å². The van der Waals surface area contributed by atoms with Crippen molar-refractivity contribution in [3.05, 3.63) is 0 Å². The van der Waals surface area contributed by atoms with Crippen LogP contribution < -0.4 is 10.6 Å². The van der Waals surface area contributed by atoms with Crippen molar-refractivity contribution in [2.24, 2.45) is 0 Å². The lowest BCUT2D eigenvalue weighted by molar-refractivity contribution is -0.137. The molecule has 0 unspecified atom stereocenters. The highest BCUT2D eigenvalue weighted by Crippen LogP contribution is 2.11. The van der Waals surface area contributed by atoms with Gasteiger partial charge in [-0.05, 0) is 6.42 Å². The van der Waals surface area contributed by atoms with Crippen LogP contribution in [0.25, 0.3) is 0 Å². The highest BCUT2D eigenvalue weighted by atomic mass is 19.4. The molecule has 0 radical (unpaired) electrons. The van der Waals surface area contributed by atoms with Crippen molar-refractivity contribution in [3.8, 4) is 0 Å². The van der Waals surface area contributed by atoms with Gasteiger partial charge in [0.1, 0.15) is 0 Å². The normalized spacial score (nSPS) is 11.2. The van der Waals surface area contributed by atoms with Crippen LogP contribution in [0, 0.1) is 0 Å². The molecule has 0 atom stereocenters. The van der Waals surface area contributed by atoms with Gasteiger partial charge in [0.05, 0.1) is 19.6 Å². The lowest BCUT2D eigenvalue weighted by Crippen LogP contribution is -2.45. The molecule has 0 aliphatic carbocycles. The van der Waals surface area contributed by atoms with Crippen molar-refractivity contribution < 1.29 is 22.8 Å². The number of alkyl halides is 3. The fourth-order valence-corrected chi connectivity index (χ4v) is 1.24. The molecule has 0 saturated heterocycles. The number of carbonyl (C=O) groups excluding carboxylic acids is 2. The topological polar surface area (TPSA) is 61.4 Å². The number of hydrogen-bond donors (Lipinski definition) is 2. The quantitative estimate of drug-likeness (QED) is 0.690. The maximum absolute atomic E-state index is 11.9. The number of rotatable bonds is 7. The number of hydrogen-bond acceptors (Lipinski definition) is 3. The lowest BCUT2D eigenvalue weighted by atomic mass is 10.3. The summed E-state index contributed by atoms with van der Waals surface area (Å²) in [5, 5.41) is 4.36. The third kappa shape index (κ3) is 7.88. The van der Waals surface area contributed by atoms with Crippen LogP contribution in [0.1, 0.15) is 13.3 Å². The number of amides is 2. The highest BCUT2D eigenvalue weighted by molar-refractivity contribution is 5.85. The molecule has 0 heterocycles. The Kier molecular flexibility index (Phi) is 7.33. The fourth-order valence-electron chi connectivity index (χ4n) is 1.24. The first-order valence-electron chi connectivity index (χ1n) is 5.56. The summed E-state index contributed by atoms with van der Waals surface area (Å²) in [6.07, 6.45) is -3.72. The molecule has 2 N–H and O–H groups in total. The molecule has 0 aromatic rings. The molecule has 18 heavy (non-hydrogen) atoms. The van der Waals surface area contributed by atoms with Crippen LogP contribution in [0.15, 0.2) is 0 Å². The van der Waals surface area contributed by atoms with Crippen molar-refractivity contribution in [2.75, 3.05) is 33.2 Å². The van der Waals surface area contributed by atoms with Gasteiger partial charge >= 0.3 is 6.18 Å². The second-order valence-corrected chi connectivity index (χ2v) is 3.71. The first-order valence-corrected chi connectivity index (χ1v) is 5.56. The first kappa shape index (κ1) is 16.7. The van der Waals surface area contributed by atoms with E-state index in [-0.39, 0.29) is 12.5 Å². The molecule has 0 fully saturated rings. The largest absolute Gasteiger partial charge is 0.401 e. The van der Waals surface area contributed by atoms with Crippen molar-refractivity contribution in [2.45, 2.75) is 19.5 Å². The second kappa shape index (κ2) is 7.91. The zero-order chi connectivity index (χ0) is 14.2. The second-order valence-electron chi connectivity index (χ2n) is 3.71. The Bertz CT molecular complexity index is 282. The summed E-state index contributed by atoms with van der Waals surface area (Å²) < 4.78 is 35.6. The maximum Gasteiger partial charge on any atom is 0.401 e. The molecule has 0 spiro atoms. The van der Waals surface area contributed by atoms with Crippen LogP contribution in [0.3, 0.4) is 0 Å². The molecule has 0 saturated carbocycles. The van der Waals surface area contributed by atoms with Crippen molar-refractivity contribution >= 4 is 11.8 Å². The number of nitrogens with one attached hydrogen (secondary N) is 2. The number of nitrogens with zero attached hydrogens (tertiary/aromatic N) is 1. The molecule has 0 aromatic carbocycles. The molecule has 5 nitrogen and oxygen atoms in total. The summed E-state index contributed by atoms with van der Waals surface area (Å²) in [6.45, 7) is 0.347. The summed E-state index contributed by atoms with van der Waals surface area (Å²) >= 11 is 0. The molecule has 0 rings (SSSR count). The lowest BCUT2D eigenvalue weighted by Gasteiger charge is -2.21. The predicted octanol–water partition coefficient (Wildman–Crippen LogP) is 0.123. The van der Waals surface area contributed by atoms with E-state index in [1.54, 1.807) is 0 Å². The van der Waals surface area contributed by atoms with Gasteiger partial charge in [-0.2, -0.15) is 13.2 Å². The number of carbonyl (C=O) groups is 2. The van der Waals surface area contributed by atoms with Crippen LogP contribution >= 0.6 is 0 Å². The van der Waals surface area contributed by atoms with E-state index >= 15 is 0 Å². The van der Waals surface area contributed by atoms with Gasteiger partial charge in [0, 0.05) is 13.6 Å². The maximum atomic E-state index is 11.9. The Morgan fingerprint density at radius 2 is 1.89 bits per heavy atom. The predicted molar refractivity (Wildman–Crippen MR) is 59.9 cm³/mol. The summed E-state index contributed by atoms with van der Waals surface area (Å²) in [7, 11) is 1.43. The van der Waals surface area contributed by atoms with E-state index in [0.717, 1.165) is 0 Å². The van der Waals surface area contributed by atoms with Gasteiger partial charge in [-0.3, -0.25) is 9.59 Å². The van der Waals surface area contributed by atoms with Crippen LogP contribution in [-0.2, 0) is 9.59 Å². The number of likely N-dealkylation sites (N-methyl/N-ethyl adjacent to an activating group) is 1. The van der Waals surface area contributed by atoms with Gasteiger partial charge < -0.3 is 15.5 Å².